The van der Waals surface area contributed by atoms with Gasteiger partial charge in [-0.1, -0.05) is 33.8 Å². The van der Waals surface area contributed by atoms with Gasteiger partial charge in [0.1, 0.15) is 5.82 Å². The molecular formula is C16H26N2. The topological polar surface area (TPSA) is 16.1 Å². The molecule has 0 saturated carbocycles. The van der Waals surface area contributed by atoms with Gasteiger partial charge in [-0.05, 0) is 42.2 Å². The zero-order valence-electron chi connectivity index (χ0n) is 12.4. The monoisotopic (exact) mass is 246 g/mol. The average molecular weight is 246 g/mol. The van der Waals surface area contributed by atoms with Crippen molar-refractivity contribution in [3.8, 4) is 0 Å². The molecule has 1 saturated heterocycles. The molecule has 1 aromatic heterocycles. The number of rotatable bonds is 2. The minimum atomic E-state index is 0.374. The minimum Gasteiger partial charge on any atom is -0.356 e. The van der Waals surface area contributed by atoms with Crippen molar-refractivity contribution >= 4 is 5.82 Å². The van der Waals surface area contributed by atoms with E-state index in [2.05, 4.69) is 56.6 Å². The SMILES string of the molecule is Cc1ccc(N2CC[C@@H](C(C)C)C(C)(C)C2)nc1. The summed E-state index contributed by atoms with van der Waals surface area (Å²) in [5, 5.41) is 0. The first-order chi connectivity index (χ1) is 8.40. The van der Waals surface area contributed by atoms with Crippen LogP contribution in [0.5, 0.6) is 0 Å². The van der Waals surface area contributed by atoms with E-state index in [1.54, 1.807) is 0 Å². The van der Waals surface area contributed by atoms with Gasteiger partial charge in [0.2, 0.25) is 0 Å². The first kappa shape index (κ1) is 13.4. The van der Waals surface area contributed by atoms with Crippen molar-refractivity contribution in [3.05, 3.63) is 23.9 Å². The Morgan fingerprint density at radius 3 is 2.56 bits per heavy atom. The van der Waals surface area contributed by atoms with E-state index < -0.39 is 0 Å². The fourth-order valence-corrected chi connectivity index (χ4v) is 3.45. The third-order valence-electron chi connectivity index (χ3n) is 4.34. The van der Waals surface area contributed by atoms with Crippen LogP contribution in [-0.2, 0) is 0 Å². The van der Waals surface area contributed by atoms with Gasteiger partial charge in [-0.3, -0.25) is 0 Å². The molecule has 1 fully saturated rings. The smallest absolute Gasteiger partial charge is 0.128 e. The van der Waals surface area contributed by atoms with E-state index in [0.29, 0.717) is 5.41 Å². The molecule has 0 amide bonds. The van der Waals surface area contributed by atoms with Gasteiger partial charge in [0.15, 0.2) is 0 Å². The van der Waals surface area contributed by atoms with E-state index in [1.165, 1.54) is 12.0 Å². The predicted molar refractivity (Wildman–Crippen MR) is 77.9 cm³/mol. The summed E-state index contributed by atoms with van der Waals surface area (Å²) < 4.78 is 0. The molecule has 0 spiro atoms. The van der Waals surface area contributed by atoms with E-state index in [0.717, 1.165) is 30.7 Å². The number of anilines is 1. The van der Waals surface area contributed by atoms with Crippen LogP contribution in [0.1, 0.15) is 39.7 Å². The molecule has 0 radical (unpaired) electrons. The highest BCUT2D eigenvalue weighted by Gasteiger charge is 2.37. The lowest BCUT2D eigenvalue weighted by molar-refractivity contribution is 0.127. The Kier molecular flexibility index (Phi) is 3.65. The second kappa shape index (κ2) is 4.91. The molecule has 1 aliphatic heterocycles. The van der Waals surface area contributed by atoms with Crippen molar-refractivity contribution in [2.24, 2.45) is 17.3 Å². The van der Waals surface area contributed by atoms with Crippen LogP contribution < -0.4 is 4.90 Å². The summed E-state index contributed by atoms with van der Waals surface area (Å²) in [4.78, 5) is 7.01. The van der Waals surface area contributed by atoms with Crippen molar-refractivity contribution < 1.29 is 0 Å². The fourth-order valence-electron chi connectivity index (χ4n) is 3.45. The minimum absolute atomic E-state index is 0.374. The summed E-state index contributed by atoms with van der Waals surface area (Å²) in [6, 6.07) is 4.31. The van der Waals surface area contributed by atoms with E-state index in [9.17, 15) is 0 Å². The third kappa shape index (κ3) is 2.68. The van der Waals surface area contributed by atoms with E-state index in [-0.39, 0.29) is 0 Å². The summed E-state index contributed by atoms with van der Waals surface area (Å²) >= 11 is 0. The Bertz CT molecular complexity index is 392. The van der Waals surface area contributed by atoms with Crippen LogP contribution in [0.3, 0.4) is 0 Å². The van der Waals surface area contributed by atoms with Gasteiger partial charge in [0.05, 0.1) is 0 Å². The van der Waals surface area contributed by atoms with Crippen molar-refractivity contribution in [1.82, 2.24) is 4.98 Å². The maximum Gasteiger partial charge on any atom is 0.128 e. The lowest BCUT2D eigenvalue weighted by atomic mass is 9.69. The summed E-state index contributed by atoms with van der Waals surface area (Å²) in [5.41, 5.74) is 1.61. The Hall–Kier alpha value is -1.05. The second-order valence-corrected chi connectivity index (χ2v) is 6.74. The Labute approximate surface area is 111 Å². The first-order valence-corrected chi connectivity index (χ1v) is 7.08. The summed E-state index contributed by atoms with van der Waals surface area (Å²) in [5.74, 6) is 2.73. The average Bonchev–Trinajstić information content (AvgIpc) is 2.28. The van der Waals surface area contributed by atoms with Crippen molar-refractivity contribution in [2.45, 2.75) is 41.0 Å². The fraction of sp³-hybridized carbons (Fsp3) is 0.688. The van der Waals surface area contributed by atoms with E-state index >= 15 is 0 Å². The van der Waals surface area contributed by atoms with Gasteiger partial charge >= 0.3 is 0 Å². The normalized spacial score (nSPS) is 23.4. The summed E-state index contributed by atoms with van der Waals surface area (Å²) in [6.45, 7) is 13.9. The van der Waals surface area contributed by atoms with Gasteiger partial charge in [-0.15, -0.1) is 0 Å². The quantitative estimate of drug-likeness (QED) is 0.787. The molecule has 100 valence electrons. The largest absolute Gasteiger partial charge is 0.356 e. The van der Waals surface area contributed by atoms with Crippen molar-refractivity contribution in [2.75, 3.05) is 18.0 Å². The van der Waals surface area contributed by atoms with Gasteiger partial charge in [0, 0.05) is 19.3 Å². The Balaban J connectivity index is 2.13. The molecule has 0 aromatic carbocycles. The van der Waals surface area contributed by atoms with E-state index in [1.807, 2.05) is 6.20 Å². The van der Waals surface area contributed by atoms with E-state index in [4.69, 9.17) is 0 Å². The molecule has 2 heterocycles. The van der Waals surface area contributed by atoms with Crippen LogP contribution in [0.4, 0.5) is 5.82 Å². The van der Waals surface area contributed by atoms with Crippen LogP contribution in [0, 0.1) is 24.2 Å². The number of aromatic nitrogens is 1. The third-order valence-corrected chi connectivity index (χ3v) is 4.34. The van der Waals surface area contributed by atoms with Gasteiger partial charge in [-0.2, -0.15) is 0 Å². The molecule has 1 aromatic rings. The maximum atomic E-state index is 4.56. The van der Waals surface area contributed by atoms with Crippen molar-refractivity contribution in [3.63, 3.8) is 0 Å². The number of aryl methyl sites for hydroxylation is 1. The van der Waals surface area contributed by atoms with Gasteiger partial charge in [0.25, 0.3) is 0 Å². The molecule has 1 atom stereocenters. The Morgan fingerprint density at radius 2 is 2.06 bits per heavy atom. The number of hydrogen-bond acceptors (Lipinski definition) is 2. The molecule has 2 heteroatoms. The van der Waals surface area contributed by atoms with Crippen LogP contribution in [0.2, 0.25) is 0 Å². The zero-order chi connectivity index (χ0) is 13.3. The van der Waals surface area contributed by atoms with Crippen LogP contribution >= 0.6 is 0 Å². The zero-order valence-corrected chi connectivity index (χ0v) is 12.4. The first-order valence-electron chi connectivity index (χ1n) is 7.08. The molecule has 0 bridgehead atoms. The predicted octanol–water partition coefficient (Wildman–Crippen LogP) is 3.90. The number of pyridine rings is 1. The van der Waals surface area contributed by atoms with Crippen LogP contribution in [0.25, 0.3) is 0 Å². The van der Waals surface area contributed by atoms with Crippen molar-refractivity contribution in [1.29, 1.82) is 0 Å². The molecule has 0 aliphatic carbocycles. The summed E-state index contributed by atoms with van der Waals surface area (Å²) in [7, 11) is 0. The number of piperidine rings is 1. The molecule has 2 rings (SSSR count). The number of nitrogens with zero attached hydrogens (tertiary/aromatic N) is 2. The molecule has 0 N–H and O–H groups in total. The van der Waals surface area contributed by atoms with Gasteiger partial charge < -0.3 is 4.90 Å². The molecule has 18 heavy (non-hydrogen) atoms. The standard InChI is InChI=1S/C16H26N2/c1-12(2)14-8-9-18(11-16(14,4)5)15-7-6-13(3)10-17-15/h6-7,10,12,14H,8-9,11H2,1-5H3/t14-/m0/s1. The van der Waals surface area contributed by atoms with Gasteiger partial charge in [-0.25, -0.2) is 4.98 Å². The highest BCUT2D eigenvalue weighted by Crippen LogP contribution is 2.40. The summed E-state index contributed by atoms with van der Waals surface area (Å²) in [6.07, 6.45) is 3.25. The lowest BCUT2D eigenvalue weighted by Gasteiger charge is -2.46. The molecule has 2 nitrogen and oxygen atoms in total. The molecular weight excluding hydrogens is 220 g/mol. The Morgan fingerprint density at radius 1 is 1.33 bits per heavy atom. The highest BCUT2D eigenvalue weighted by atomic mass is 15.2. The second-order valence-electron chi connectivity index (χ2n) is 6.74. The highest BCUT2D eigenvalue weighted by molar-refractivity contribution is 5.40. The van der Waals surface area contributed by atoms with Crippen LogP contribution in [-0.4, -0.2) is 18.1 Å². The maximum absolute atomic E-state index is 4.56. The molecule has 1 aliphatic rings. The lowest BCUT2D eigenvalue weighted by Crippen LogP contribution is -2.47. The molecule has 0 unspecified atom stereocenters. The number of hydrogen-bond donors (Lipinski definition) is 0. The van der Waals surface area contributed by atoms with Crippen LogP contribution in [0.15, 0.2) is 18.3 Å².